The van der Waals surface area contributed by atoms with E-state index in [-0.39, 0.29) is 29.3 Å². The van der Waals surface area contributed by atoms with Gasteiger partial charge in [0, 0.05) is 17.4 Å². The normalized spacial score (nSPS) is 30.6. The van der Waals surface area contributed by atoms with E-state index in [0.29, 0.717) is 17.7 Å². The van der Waals surface area contributed by atoms with Crippen LogP contribution in [0.1, 0.15) is 50.2 Å². The van der Waals surface area contributed by atoms with Crippen molar-refractivity contribution in [1.82, 2.24) is 0 Å². The van der Waals surface area contributed by atoms with Crippen LogP contribution < -0.4 is 4.74 Å². The first-order chi connectivity index (χ1) is 9.42. The number of phenols is 1. The molecule has 0 spiro atoms. The van der Waals surface area contributed by atoms with Gasteiger partial charge in [0.2, 0.25) is 0 Å². The summed E-state index contributed by atoms with van der Waals surface area (Å²) in [6.07, 6.45) is 1.98. The monoisotopic (exact) mass is 273 g/mol. The number of benzene rings is 1. The summed E-state index contributed by atoms with van der Waals surface area (Å²) in [5, 5.41) is 29.2. The van der Waals surface area contributed by atoms with Crippen molar-refractivity contribution in [2.24, 2.45) is 5.92 Å². The summed E-state index contributed by atoms with van der Waals surface area (Å²) in [5.74, 6) is 1.06. The molecule has 4 heteroatoms. The van der Waals surface area contributed by atoms with Crippen molar-refractivity contribution in [2.45, 2.75) is 50.7 Å². The molecule has 1 aromatic carbocycles. The maximum absolute atomic E-state index is 10.3. The number of rotatable bonds is 0. The van der Waals surface area contributed by atoms with Gasteiger partial charge in [-0.25, -0.2) is 0 Å². The minimum Gasteiger partial charge on any atom is -0.507 e. The maximum Gasteiger partial charge on any atom is 0.128 e. The van der Waals surface area contributed by atoms with E-state index in [0.717, 1.165) is 18.4 Å². The molecule has 1 saturated carbocycles. The van der Waals surface area contributed by atoms with Gasteiger partial charge in [0.25, 0.3) is 0 Å². The number of hydrogen-bond donors (Lipinski definition) is 2. The lowest BCUT2D eigenvalue weighted by Gasteiger charge is -2.48. The third-order valence-corrected chi connectivity index (χ3v) is 4.71. The minimum absolute atomic E-state index is 0.0882. The summed E-state index contributed by atoms with van der Waals surface area (Å²) >= 11 is 0. The number of fused-ring (bicyclic) bond motifs is 3. The quantitative estimate of drug-likeness (QED) is 0.762. The summed E-state index contributed by atoms with van der Waals surface area (Å²) in [4.78, 5) is 0. The van der Waals surface area contributed by atoms with E-state index in [9.17, 15) is 10.2 Å². The molecule has 2 aliphatic rings. The molecule has 0 amide bonds. The van der Waals surface area contributed by atoms with Gasteiger partial charge in [-0.1, -0.05) is 0 Å². The Bertz CT molecular complexity index is 588. The van der Waals surface area contributed by atoms with Crippen LogP contribution in [0.3, 0.4) is 0 Å². The summed E-state index contributed by atoms with van der Waals surface area (Å²) in [6.45, 7) is 4.09. The van der Waals surface area contributed by atoms with Crippen molar-refractivity contribution in [3.05, 3.63) is 23.3 Å². The standard InChI is InChI=1S/C16H19NO3/c1-16(2)12-4-3-10(18)7-11(12)15-13(19)5-9(8-17)6-14(15)20-16/h5-6,10-12,18-19H,3-4,7H2,1-2H3/t10-,11-,12-/m1/s1. The van der Waals surface area contributed by atoms with E-state index in [2.05, 4.69) is 0 Å². The van der Waals surface area contributed by atoms with Crippen LogP contribution in [0.4, 0.5) is 0 Å². The van der Waals surface area contributed by atoms with Gasteiger partial charge in [0.1, 0.15) is 17.1 Å². The van der Waals surface area contributed by atoms with Crippen LogP contribution in [0.25, 0.3) is 0 Å². The fourth-order valence-corrected chi connectivity index (χ4v) is 3.79. The zero-order valence-corrected chi connectivity index (χ0v) is 11.8. The predicted molar refractivity (Wildman–Crippen MR) is 73.6 cm³/mol. The van der Waals surface area contributed by atoms with Gasteiger partial charge in [-0.05, 0) is 45.2 Å². The lowest BCUT2D eigenvalue weighted by Crippen LogP contribution is -2.47. The molecule has 0 bridgehead atoms. The van der Waals surface area contributed by atoms with Crippen LogP contribution in [0.15, 0.2) is 12.1 Å². The molecular weight excluding hydrogens is 254 g/mol. The third-order valence-electron chi connectivity index (χ3n) is 4.71. The number of aromatic hydroxyl groups is 1. The van der Waals surface area contributed by atoms with Gasteiger partial charge < -0.3 is 14.9 Å². The van der Waals surface area contributed by atoms with Gasteiger partial charge in [0.15, 0.2) is 0 Å². The van der Waals surface area contributed by atoms with Crippen LogP contribution in [-0.2, 0) is 0 Å². The number of aliphatic hydroxyl groups excluding tert-OH is 1. The van der Waals surface area contributed by atoms with Crippen LogP contribution in [0.5, 0.6) is 11.5 Å². The number of nitriles is 1. The first-order valence-electron chi connectivity index (χ1n) is 7.06. The fourth-order valence-electron chi connectivity index (χ4n) is 3.79. The van der Waals surface area contributed by atoms with E-state index < -0.39 is 0 Å². The number of aliphatic hydroxyl groups is 1. The van der Waals surface area contributed by atoms with Crippen LogP contribution in [0.2, 0.25) is 0 Å². The summed E-state index contributed by atoms with van der Waals surface area (Å²) in [7, 11) is 0. The average Bonchev–Trinajstić information content (AvgIpc) is 2.36. The molecule has 0 saturated heterocycles. The van der Waals surface area contributed by atoms with Crippen molar-refractivity contribution >= 4 is 0 Å². The average molecular weight is 273 g/mol. The van der Waals surface area contributed by atoms with Crippen LogP contribution in [0, 0.1) is 17.2 Å². The molecule has 1 aromatic rings. The first kappa shape index (κ1) is 13.3. The highest BCUT2D eigenvalue weighted by molar-refractivity contribution is 5.54. The molecule has 0 unspecified atom stereocenters. The molecule has 1 aliphatic carbocycles. The Labute approximate surface area is 118 Å². The second-order valence-electron chi connectivity index (χ2n) is 6.40. The van der Waals surface area contributed by atoms with E-state index in [1.807, 2.05) is 19.9 Å². The lowest BCUT2D eigenvalue weighted by atomic mass is 9.66. The molecule has 4 nitrogen and oxygen atoms in total. The van der Waals surface area contributed by atoms with Gasteiger partial charge in [-0.15, -0.1) is 0 Å². The molecule has 106 valence electrons. The Balaban J connectivity index is 2.14. The SMILES string of the molecule is CC1(C)Oc2cc(C#N)cc(O)c2[C@@H]2C[C@H](O)CC[C@H]21. The van der Waals surface area contributed by atoms with Crippen LogP contribution >= 0.6 is 0 Å². The Morgan fingerprint density at radius 3 is 2.80 bits per heavy atom. The van der Waals surface area contributed by atoms with Gasteiger partial charge in [0.05, 0.1) is 17.7 Å². The largest absolute Gasteiger partial charge is 0.507 e. The summed E-state index contributed by atoms with van der Waals surface area (Å²) < 4.78 is 6.05. The van der Waals surface area contributed by atoms with Gasteiger partial charge in [-0.2, -0.15) is 5.26 Å². The third kappa shape index (κ3) is 1.94. The Morgan fingerprint density at radius 2 is 2.10 bits per heavy atom. The highest BCUT2D eigenvalue weighted by atomic mass is 16.5. The van der Waals surface area contributed by atoms with Crippen molar-refractivity contribution in [2.75, 3.05) is 0 Å². The zero-order chi connectivity index (χ0) is 14.5. The molecule has 3 atom stereocenters. The van der Waals surface area contributed by atoms with Crippen molar-refractivity contribution < 1.29 is 14.9 Å². The molecule has 1 heterocycles. The highest BCUT2D eigenvalue weighted by Gasteiger charge is 2.47. The highest BCUT2D eigenvalue weighted by Crippen LogP contribution is 2.54. The minimum atomic E-state index is -0.349. The molecule has 1 aliphatic heterocycles. The molecule has 0 radical (unpaired) electrons. The van der Waals surface area contributed by atoms with Gasteiger partial charge in [-0.3, -0.25) is 0 Å². The van der Waals surface area contributed by atoms with E-state index in [1.54, 1.807) is 6.07 Å². The molecular formula is C16H19NO3. The van der Waals surface area contributed by atoms with Crippen LogP contribution in [-0.4, -0.2) is 21.9 Å². The Kier molecular flexibility index (Phi) is 2.91. The zero-order valence-electron chi connectivity index (χ0n) is 11.8. The van der Waals surface area contributed by atoms with E-state index >= 15 is 0 Å². The van der Waals surface area contributed by atoms with Crippen molar-refractivity contribution in [3.8, 4) is 17.6 Å². The maximum atomic E-state index is 10.3. The molecule has 0 aromatic heterocycles. The summed E-state index contributed by atoms with van der Waals surface area (Å²) in [6, 6.07) is 5.21. The Hall–Kier alpha value is -1.73. The molecule has 2 N–H and O–H groups in total. The molecule has 3 rings (SSSR count). The number of nitrogens with zero attached hydrogens (tertiary/aromatic N) is 1. The topological polar surface area (TPSA) is 73.5 Å². The molecule has 20 heavy (non-hydrogen) atoms. The first-order valence-corrected chi connectivity index (χ1v) is 7.06. The lowest BCUT2D eigenvalue weighted by molar-refractivity contribution is -0.0316. The van der Waals surface area contributed by atoms with Crippen molar-refractivity contribution in [3.63, 3.8) is 0 Å². The van der Waals surface area contributed by atoms with Gasteiger partial charge >= 0.3 is 0 Å². The van der Waals surface area contributed by atoms with Crippen molar-refractivity contribution in [1.29, 1.82) is 5.26 Å². The van der Waals surface area contributed by atoms with E-state index in [1.165, 1.54) is 6.07 Å². The Morgan fingerprint density at radius 1 is 1.35 bits per heavy atom. The number of hydrogen-bond acceptors (Lipinski definition) is 4. The number of phenolic OH excluding ortho intramolecular Hbond substituents is 1. The molecule has 1 fully saturated rings. The predicted octanol–water partition coefficient (Wildman–Crippen LogP) is 2.68. The van der Waals surface area contributed by atoms with E-state index in [4.69, 9.17) is 10.00 Å². The number of ether oxygens (including phenoxy) is 1. The smallest absolute Gasteiger partial charge is 0.128 e. The second-order valence-corrected chi connectivity index (χ2v) is 6.40. The fraction of sp³-hybridized carbons (Fsp3) is 0.562. The second kappa shape index (κ2) is 4.39. The summed E-state index contributed by atoms with van der Waals surface area (Å²) in [5.41, 5.74) is 0.803.